The molecule has 3 rings (SSSR count). The highest BCUT2D eigenvalue weighted by molar-refractivity contribution is 5.81. The number of aliphatic imine (C=N–C) groups is 1. The van der Waals surface area contributed by atoms with Crippen LogP contribution in [-0.4, -0.2) is 31.5 Å². The summed E-state index contributed by atoms with van der Waals surface area (Å²) in [4.78, 5) is 16.2. The first-order valence-corrected chi connectivity index (χ1v) is 9.86. The lowest BCUT2D eigenvalue weighted by molar-refractivity contribution is -0.122. The van der Waals surface area contributed by atoms with Gasteiger partial charge in [-0.25, -0.2) is 4.99 Å². The van der Waals surface area contributed by atoms with Gasteiger partial charge in [-0.2, -0.15) is 0 Å². The Labute approximate surface area is 166 Å². The molecule has 2 aromatic carbocycles. The molecule has 0 bridgehead atoms. The number of rotatable bonds is 9. The number of ether oxygens (including phenoxy) is 1. The molecule has 1 aliphatic rings. The highest BCUT2D eigenvalue weighted by Crippen LogP contribution is 2.28. The molecule has 1 amide bonds. The highest BCUT2D eigenvalue weighted by Gasteiger charge is 2.28. The summed E-state index contributed by atoms with van der Waals surface area (Å²) in [6.45, 7) is 4.63. The molecular weight excluding hydrogens is 352 g/mol. The maximum Gasteiger partial charge on any atom is 0.223 e. The zero-order valence-electron chi connectivity index (χ0n) is 16.3. The summed E-state index contributed by atoms with van der Waals surface area (Å²) in [7, 11) is 0. The van der Waals surface area contributed by atoms with Gasteiger partial charge in [0.05, 0.1) is 6.54 Å². The van der Waals surface area contributed by atoms with Crippen LogP contribution in [0, 0.1) is 5.92 Å². The minimum Gasteiger partial charge on any atom is -0.457 e. The van der Waals surface area contributed by atoms with E-state index in [4.69, 9.17) is 4.74 Å². The molecule has 6 heteroatoms. The summed E-state index contributed by atoms with van der Waals surface area (Å²) >= 11 is 0. The smallest absolute Gasteiger partial charge is 0.223 e. The summed E-state index contributed by atoms with van der Waals surface area (Å²) in [6, 6.07) is 17.7. The largest absolute Gasteiger partial charge is 0.457 e. The molecule has 1 saturated carbocycles. The Hall–Kier alpha value is -3.02. The van der Waals surface area contributed by atoms with Gasteiger partial charge in [0.1, 0.15) is 11.5 Å². The molecule has 0 aromatic heterocycles. The predicted octanol–water partition coefficient (Wildman–Crippen LogP) is 3.06. The number of nitrogens with zero attached hydrogens (tertiary/aromatic N) is 1. The van der Waals surface area contributed by atoms with Crippen LogP contribution in [0.3, 0.4) is 0 Å². The molecule has 0 unspecified atom stereocenters. The Balaban J connectivity index is 1.45. The fourth-order valence-corrected chi connectivity index (χ4v) is 2.66. The van der Waals surface area contributed by atoms with Gasteiger partial charge in [0.25, 0.3) is 0 Å². The summed E-state index contributed by atoms with van der Waals surface area (Å²) in [5.74, 6) is 2.78. The van der Waals surface area contributed by atoms with Crippen molar-refractivity contribution in [2.45, 2.75) is 26.3 Å². The number of hydrogen-bond acceptors (Lipinski definition) is 3. The van der Waals surface area contributed by atoms with E-state index in [2.05, 4.69) is 20.9 Å². The molecule has 0 spiro atoms. The van der Waals surface area contributed by atoms with Gasteiger partial charge in [0.15, 0.2) is 5.96 Å². The average molecular weight is 380 g/mol. The van der Waals surface area contributed by atoms with Crippen molar-refractivity contribution in [3.05, 3.63) is 60.2 Å². The molecule has 0 radical (unpaired) electrons. The fraction of sp³-hybridized carbons (Fsp3) is 0.364. The number of amides is 1. The van der Waals surface area contributed by atoms with E-state index in [0.29, 0.717) is 19.6 Å². The first kappa shape index (κ1) is 19.7. The van der Waals surface area contributed by atoms with Crippen molar-refractivity contribution in [1.82, 2.24) is 16.0 Å². The summed E-state index contributed by atoms with van der Waals surface area (Å²) < 4.78 is 5.81. The summed E-state index contributed by atoms with van der Waals surface area (Å²) in [6.07, 6.45) is 2.05. The first-order valence-electron chi connectivity index (χ1n) is 9.86. The van der Waals surface area contributed by atoms with E-state index in [-0.39, 0.29) is 11.8 Å². The van der Waals surface area contributed by atoms with Crippen LogP contribution >= 0.6 is 0 Å². The molecule has 6 nitrogen and oxygen atoms in total. The van der Waals surface area contributed by atoms with Crippen molar-refractivity contribution in [2.24, 2.45) is 10.9 Å². The summed E-state index contributed by atoms with van der Waals surface area (Å²) in [5, 5.41) is 9.41. The quantitative estimate of drug-likeness (QED) is 0.355. The number of nitrogens with one attached hydrogen (secondary N) is 3. The van der Waals surface area contributed by atoms with Crippen molar-refractivity contribution in [1.29, 1.82) is 0 Å². The van der Waals surface area contributed by atoms with Crippen molar-refractivity contribution in [2.75, 3.05) is 19.6 Å². The molecule has 0 heterocycles. The molecule has 1 fully saturated rings. The maximum absolute atomic E-state index is 11.6. The van der Waals surface area contributed by atoms with Gasteiger partial charge in [-0.1, -0.05) is 30.3 Å². The second-order valence-electron chi connectivity index (χ2n) is 6.75. The maximum atomic E-state index is 11.6. The third-order valence-corrected chi connectivity index (χ3v) is 4.33. The molecule has 1 aliphatic carbocycles. The van der Waals surface area contributed by atoms with Crippen LogP contribution < -0.4 is 20.7 Å². The third-order valence-electron chi connectivity index (χ3n) is 4.33. The van der Waals surface area contributed by atoms with Crippen molar-refractivity contribution >= 4 is 11.9 Å². The number of benzene rings is 2. The zero-order valence-corrected chi connectivity index (χ0v) is 16.3. The second-order valence-corrected chi connectivity index (χ2v) is 6.75. The van der Waals surface area contributed by atoms with Crippen LogP contribution in [0.4, 0.5) is 0 Å². The Morgan fingerprint density at radius 2 is 1.64 bits per heavy atom. The third kappa shape index (κ3) is 6.61. The van der Waals surface area contributed by atoms with Crippen LogP contribution in [-0.2, 0) is 11.3 Å². The molecule has 2 aromatic rings. The van der Waals surface area contributed by atoms with E-state index < -0.39 is 0 Å². The monoisotopic (exact) mass is 380 g/mol. The number of guanidine groups is 1. The topological polar surface area (TPSA) is 74.8 Å². The van der Waals surface area contributed by atoms with Gasteiger partial charge < -0.3 is 20.7 Å². The van der Waals surface area contributed by atoms with Gasteiger partial charge in [0.2, 0.25) is 5.91 Å². The number of para-hydroxylation sites is 1. The van der Waals surface area contributed by atoms with Gasteiger partial charge in [-0.3, -0.25) is 4.79 Å². The van der Waals surface area contributed by atoms with Crippen LogP contribution in [0.15, 0.2) is 59.6 Å². The SMILES string of the molecule is CCNC(=NCc1ccc(Oc2ccccc2)cc1)NCCNC(=O)C1CC1. The Kier molecular flexibility index (Phi) is 7.29. The van der Waals surface area contributed by atoms with Gasteiger partial charge >= 0.3 is 0 Å². The number of carbonyl (C=O) groups is 1. The van der Waals surface area contributed by atoms with Crippen molar-refractivity contribution < 1.29 is 9.53 Å². The Bertz CT molecular complexity index is 771. The van der Waals surface area contributed by atoms with E-state index in [0.717, 1.165) is 42.4 Å². The Morgan fingerprint density at radius 1 is 0.964 bits per heavy atom. The van der Waals surface area contributed by atoms with E-state index in [9.17, 15) is 4.79 Å². The number of carbonyl (C=O) groups excluding carboxylic acids is 1. The van der Waals surface area contributed by atoms with Crippen LogP contribution in [0.2, 0.25) is 0 Å². The zero-order chi connectivity index (χ0) is 19.6. The summed E-state index contributed by atoms with van der Waals surface area (Å²) in [5.41, 5.74) is 1.10. The highest BCUT2D eigenvalue weighted by atomic mass is 16.5. The lowest BCUT2D eigenvalue weighted by Crippen LogP contribution is -2.41. The van der Waals surface area contributed by atoms with E-state index in [1.165, 1.54) is 0 Å². The molecule has 0 saturated heterocycles. The van der Waals surface area contributed by atoms with Gasteiger partial charge in [-0.15, -0.1) is 0 Å². The first-order chi connectivity index (χ1) is 13.7. The second kappa shape index (κ2) is 10.3. The van der Waals surface area contributed by atoms with Crippen molar-refractivity contribution in [3.8, 4) is 11.5 Å². The Morgan fingerprint density at radius 3 is 2.32 bits per heavy atom. The average Bonchev–Trinajstić information content (AvgIpc) is 3.56. The molecular formula is C22H28N4O2. The lowest BCUT2D eigenvalue weighted by atomic mass is 10.2. The molecule has 28 heavy (non-hydrogen) atoms. The standard InChI is InChI=1S/C22H28N4O2/c1-2-23-22(25-15-14-24-21(27)18-10-11-18)26-16-17-8-12-20(13-9-17)28-19-6-4-3-5-7-19/h3-9,12-13,18H,2,10-11,14-16H2,1H3,(H,24,27)(H2,23,25,26). The molecule has 3 N–H and O–H groups in total. The van der Waals surface area contributed by atoms with Crippen LogP contribution in [0.5, 0.6) is 11.5 Å². The predicted molar refractivity (Wildman–Crippen MR) is 112 cm³/mol. The molecule has 0 atom stereocenters. The van der Waals surface area contributed by atoms with Crippen LogP contribution in [0.25, 0.3) is 0 Å². The fourth-order valence-electron chi connectivity index (χ4n) is 2.66. The van der Waals surface area contributed by atoms with Crippen molar-refractivity contribution in [3.63, 3.8) is 0 Å². The molecule has 148 valence electrons. The van der Waals surface area contributed by atoms with Crippen LogP contribution in [0.1, 0.15) is 25.3 Å². The van der Waals surface area contributed by atoms with E-state index >= 15 is 0 Å². The minimum atomic E-state index is 0.168. The van der Waals surface area contributed by atoms with Gasteiger partial charge in [-0.05, 0) is 49.6 Å². The minimum absolute atomic E-state index is 0.168. The van der Waals surface area contributed by atoms with E-state index in [1.54, 1.807) is 0 Å². The number of hydrogen-bond donors (Lipinski definition) is 3. The molecule has 0 aliphatic heterocycles. The van der Waals surface area contributed by atoms with E-state index in [1.807, 2.05) is 61.5 Å². The normalized spacial score (nSPS) is 13.7. The van der Waals surface area contributed by atoms with Gasteiger partial charge in [0, 0.05) is 25.6 Å². The lowest BCUT2D eigenvalue weighted by Gasteiger charge is -2.12.